The molecule has 0 N–H and O–H groups in total. The average molecular weight is 233 g/mol. The van der Waals surface area contributed by atoms with Crippen LogP contribution in [0.3, 0.4) is 0 Å². The molecule has 1 heterocycles. The van der Waals surface area contributed by atoms with E-state index in [-0.39, 0.29) is 0 Å². The third-order valence-corrected chi connectivity index (χ3v) is 2.61. The molecule has 0 aliphatic carbocycles. The predicted octanol–water partition coefficient (Wildman–Crippen LogP) is 2.12. The molecular formula is C13H15NO3. The minimum Gasteiger partial charge on any atom is -0.490 e. The molecule has 90 valence electrons. The van der Waals surface area contributed by atoms with Gasteiger partial charge in [-0.15, -0.1) is 0 Å². The van der Waals surface area contributed by atoms with Gasteiger partial charge in [-0.2, -0.15) is 0 Å². The smallest absolute Gasteiger partial charge is 0.234 e. The van der Waals surface area contributed by atoms with Gasteiger partial charge in [0.05, 0.1) is 19.8 Å². The minimum atomic E-state index is 0.526. The molecule has 4 nitrogen and oxygen atoms in total. The molecule has 0 saturated carbocycles. The maximum absolute atomic E-state index is 9.92. The molecule has 1 aromatic rings. The van der Waals surface area contributed by atoms with Crippen molar-refractivity contribution < 1.29 is 14.3 Å². The third-order valence-electron chi connectivity index (χ3n) is 2.61. The molecule has 0 unspecified atom stereocenters. The van der Waals surface area contributed by atoms with Crippen LogP contribution in [0.5, 0.6) is 11.5 Å². The zero-order valence-corrected chi connectivity index (χ0v) is 9.65. The van der Waals surface area contributed by atoms with Crippen molar-refractivity contribution in [1.29, 1.82) is 0 Å². The van der Waals surface area contributed by atoms with E-state index in [1.807, 2.05) is 18.2 Å². The van der Waals surface area contributed by atoms with Crippen molar-refractivity contribution in [1.82, 2.24) is 0 Å². The summed E-state index contributed by atoms with van der Waals surface area (Å²) in [5, 5.41) is 0. The van der Waals surface area contributed by atoms with E-state index in [1.54, 1.807) is 6.08 Å². The zero-order valence-electron chi connectivity index (χ0n) is 9.65. The zero-order chi connectivity index (χ0) is 11.9. The Balaban J connectivity index is 1.99. The lowest BCUT2D eigenvalue weighted by molar-refractivity contribution is 0.297. The summed E-state index contributed by atoms with van der Waals surface area (Å²) in [6.07, 6.45) is 4.18. The molecule has 0 radical (unpaired) electrons. The van der Waals surface area contributed by atoms with Crippen LogP contribution < -0.4 is 9.47 Å². The Morgan fingerprint density at radius 1 is 1.24 bits per heavy atom. The summed E-state index contributed by atoms with van der Waals surface area (Å²) in [7, 11) is 0. The Hall–Kier alpha value is -1.80. The van der Waals surface area contributed by atoms with Gasteiger partial charge in [0.15, 0.2) is 11.5 Å². The van der Waals surface area contributed by atoms with Gasteiger partial charge in [-0.25, -0.2) is 9.79 Å². The summed E-state index contributed by atoms with van der Waals surface area (Å²) >= 11 is 0. The summed E-state index contributed by atoms with van der Waals surface area (Å²) in [4.78, 5) is 13.4. The number of carbonyl (C=O) groups excluding carboxylic acids is 1. The van der Waals surface area contributed by atoms with Crippen LogP contribution in [0, 0.1) is 0 Å². The van der Waals surface area contributed by atoms with Crippen molar-refractivity contribution >= 4 is 6.08 Å². The van der Waals surface area contributed by atoms with Gasteiger partial charge in [-0.05, 0) is 30.5 Å². The number of aryl methyl sites for hydroxylation is 1. The molecule has 2 rings (SSSR count). The summed E-state index contributed by atoms with van der Waals surface area (Å²) in [6, 6.07) is 5.97. The van der Waals surface area contributed by atoms with E-state index in [0.717, 1.165) is 30.8 Å². The van der Waals surface area contributed by atoms with E-state index < -0.39 is 0 Å². The SMILES string of the molecule is O=C=NCCCc1ccc2c(c1)OCCCO2. The van der Waals surface area contributed by atoms with E-state index in [0.29, 0.717) is 19.8 Å². The molecule has 17 heavy (non-hydrogen) atoms. The molecule has 0 aromatic heterocycles. The minimum absolute atomic E-state index is 0.526. The number of rotatable bonds is 4. The van der Waals surface area contributed by atoms with Crippen molar-refractivity contribution in [3.8, 4) is 11.5 Å². The van der Waals surface area contributed by atoms with Gasteiger partial charge in [0.1, 0.15) is 0 Å². The molecule has 0 fully saturated rings. The number of hydrogen-bond acceptors (Lipinski definition) is 4. The standard InChI is InChI=1S/C13H15NO3/c15-10-14-6-1-3-11-4-5-12-13(9-11)17-8-2-7-16-12/h4-5,9H,1-3,6-8H2. The van der Waals surface area contributed by atoms with Crippen LogP contribution in [-0.2, 0) is 11.2 Å². The van der Waals surface area contributed by atoms with Crippen molar-refractivity contribution in [2.24, 2.45) is 4.99 Å². The molecule has 1 aliphatic heterocycles. The van der Waals surface area contributed by atoms with E-state index >= 15 is 0 Å². The van der Waals surface area contributed by atoms with Crippen molar-refractivity contribution in [2.45, 2.75) is 19.3 Å². The van der Waals surface area contributed by atoms with E-state index in [4.69, 9.17) is 9.47 Å². The molecule has 0 amide bonds. The fourth-order valence-corrected chi connectivity index (χ4v) is 1.77. The van der Waals surface area contributed by atoms with E-state index in [9.17, 15) is 4.79 Å². The monoisotopic (exact) mass is 233 g/mol. The predicted molar refractivity (Wildman–Crippen MR) is 63.4 cm³/mol. The fourth-order valence-electron chi connectivity index (χ4n) is 1.77. The fraction of sp³-hybridized carbons (Fsp3) is 0.462. The summed E-state index contributed by atoms with van der Waals surface area (Å²) in [5.74, 6) is 1.64. The molecule has 0 atom stereocenters. The van der Waals surface area contributed by atoms with Gasteiger partial charge in [0.25, 0.3) is 0 Å². The highest BCUT2D eigenvalue weighted by Gasteiger charge is 2.10. The number of isocyanates is 1. The van der Waals surface area contributed by atoms with Gasteiger partial charge in [0, 0.05) is 6.42 Å². The second-order valence-corrected chi connectivity index (χ2v) is 3.91. The van der Waals surface area contributed by atoms with Gasteiger partial charge in [0.2, 0.25) is 6.08 Å². The Labute approximate surface area is 100 Å². The Morgan fingerprint density at radius 2 is 2.06 bits per heavy atom. The Kier molecular flexibility index (Phi) is 4.17. The highest BCUT2D eigenvalue weighted by Crippen LogP contribution is 2.30. The highest BCUT2D eigenvalue weighted by molar-refractivity contribution is 5.43. The maximum Gasteiger partial charge on any atom is 0.234 e. The van der Waals surface area contributed by atoms with Crippen LogP contribution in [0.2, 0.25) is 0 Å². The van der Waals surface area contributed by atoms with Crippen LogP contribution in [0.1, 0.15) is 18.4 Å². The van der Waals surface area contributed by atoms with Crippen LogP contribution in [0.4, 0.5) is 0 Å². The van der Waals surface area contributed by atoms with Crippen LogP contribution in [0.25, 0.3) is 0 Å². The second kappa shape index (κ2) is 6.06. The van der Waals surface area contributed by atoms with Crippen molar-refractivity contribution in [3.63, 3.8) is 0 Å². The topological polar surface area (TPSA) is 47.9 Å². The normalized spacial score (nSPS) is 13.6. The summed E-state index contributed by atoms with van der Waals surface area (Å²) in [5.41, 5.74) is 1.18. The van der Waals surface area contributed by atoms with Gasteiger partial charge in [-0.3, -0.25) is 0 Å². The maximum atomic E-state index is 9.92. The first-order valence-electron chi connectivity index (χ1n) is 5.82. The van der Waals surface area contributed by atoms with Gasteiger partial charge >= 0.3 is 0 Å². The van der Waals surface area contributed by atoms with Gasteiger partial charge in [-0.1, -0.05) is 6.07 Å². The molecule has 0 saturated heterocycles. The molecule has 0 bridgehead atoms. The Morgan fingerprint density at radius 3 is 2.88 bits per heavy atom. The number of benzene rings is 1. The number of fused-ring (bicyclic) bond motifs is 1. The van der Waals surface area contributed by atoms with Crippen LogP contribution in [-0.4, -0.2) is 25.8 Å². The number of aliphatic imine (C=N–C) groups is 1. The number of hydrogen-bond donors (Lipinski definition) is 0. The molecule has 1 aliphatic rings. The quantitative estimate of drug-likeness (QED) is 0.454. The van der Waals surface area contributed by atoms with E-state index in [1.165, 1.54) is 5.56 Å². The molecule has 0 spiro atoms. The summed E-state index contributed by atoms with van der Waals surface area (Å²) < 4.78 is 11.2. The lowest BCUT2D eigenvalue weighted by Crippen LogP contribution is -1.97. The second-order valence-electron chi connectivity index (χ2n) is 3.91. The summed E-state index contributed by atoms with van der Waals surface area (Å²) in [6.45, 7) is 1.93. The van der Waals surface area contributed by atoms with Crippen LogP contribution in [0.15, 0.2) is 23.2 Å². The largest absolute Gasteiger partial charge is 0.490 e. The molecule has 1 aromatic carbocycles. The van der Waals surface area contributed by atoms with Gasteiger partial charge < -0.3 is 9.47 Å². The van der Waals surface area contributed by atoms with Crippen molar-refractivity contribution in [3.05, 3.63) is 23.8 Å². The first kappa shape index (κ1) is 11.7. The lowest BCUT2D eigenvalue weighted by Gasteiger charge is -2.08. The average Bonchev–Trinajstić information content (AvgIpc) is 2.59. The molecule has 4 heteroatoms. The van der Waals surface area contributed by atoms with Crippen molar-refractivity contribution in [2.75, 3.05) is 19.8 Å². The highest BCUT2D eigenvalue weighted by atomic mass is 16.5. The number of ether oxygens (including phenoxy) is 2. The third kappa shape index (κ3) is 3.33. The van der Waals surface area contributed by atoms with Crippen LogP contribution >= 0.6 is 0 Å². The first-order valence-corrected chi connectivity index (χ1v) is 5.82. The Bertz CT molecular complexity index is 425. The number of nitrogens with zero attached hydrogens (tertiary/aromatic N) is 1. The first-order chi connectivity index (χ1) is 8.40. The van der Waals surface area contributed by atoms with E-state index in [2.05, 4.69) is 4.99 Å². The molecular weight excluding hydrogens is 218 g/mol. The lowest BCUT2D eigenvalue weighted by atomic mass is 10.1.